The molecule has 0 unspecified atom stereocenters. The summed E-state index contributed by atoms with van der Waals surface area (Å²) in [4.78, 5) is 40.9. The summed E-state index contributed by atoms with van der Waals surface area (Å²) in [5.41, 5.74) is 1.89. The summed E-state index contributed by atoms with van der Waals surface area (Å²) in [7, 11) is 0. The van der Waals surface area contributed by atoms with E-state index in [1.165, 1.54) is 11.3 Å². The van der Waals surface area contributed by atoms with Crippen LogP contribution in [0.5, 0.6) is 0 Å². The number of amides is 4. The van der Waals surface area contributed by atoms with E-state index in [4.69, 9.17) is 0 Å². The molecule has 7 nitrogen and oxygen atoms in total. The van der Waals surface area contributed by atoms with Gasteiger partial charge in [-0.2, -0.15) is 0 Å². The maximum atomic E-state index is 13.1. The highest BCUT2D eigenvalue weighted by atomic mass is 32.1. The Bertz CT molecular complexity index is 935. The van der Waals surface area contributed by atoms with Gasteiger partial charge >= 0.3 is 6.03 Å². The van der Waals surface area contributed by atoms with Crippen molar-refractivity contribution < 1.29 is 14.4 Å². The molecule has 0 spiro atoms. The van der Waals surface area contributed by atoms with Gasteiger partial charge in [0.2, 0.25) is 5.91 Å². The monoisotopic (exact) mass is 470 g/mol. The topological polar surface area (TPSA) is 90.5 Å². The van der Waals surface area contributed by atoms with Crippen molar-refractivity contribution in [3.63, 3.8) is 0 Å². The molecule has 0 bridgehead atoms. The Kier molecular flexibility index (Phi) is 8.49. The quantitative estimate of drug-likeness (QED) is 0.565. The van der Waals surface area contributed by atoms with Crippen LogP contribution in [0.4, 0.5) is 10.5 Å². The van der Waals surface area contributed by atoms with Gasteiger partial charge in [0.15, 0.2) is 0 Å². The van der Waals surface area contributed by atoms with Crippen LogP contribution in [0, 0.1) is 18.8 Å². The number of carbonyl (C=O) groups excluding carboxylic acids is 3. The van der Waals surface area contributed by atoms with Crippen LogP contribution in [-0.2, 0) is 4.79 Å². The van der Waals surface area contributed by atoms with Crippen LogP contribution in [-0.4, -0.2) is 47.9 Å². The maximum Gasteiger partial charge on any atom is 0.321 e. The zero-order valence-corrected chi connectivity index (χ0v) is 20.6. The molecule has 4 amide bonds. The van der Waals surface area contributed by atoms with E-state index in [1.807, 2.05) is 49.6 Å². The van der Waals surface area contributed by atoms with Crippen molar-refractivity contribution in [2.45, 2.75) is 52.6 Å². The molecule has 178 valence electrons. The van der Waals surface area contributed by atoms with E-state index in [0.717, 1.165) is 11.3 Å². The number of nitrogens with zero attached hydrogens (tertiary/aromatic N) is 1. The second-order valence-electron chi connectivity index (χ2n) is 9.09. The van der Waals surface area contributed by atoms with Crippen LogP contribution in [0.1, 0.15) is 48.8 Å². The molecule has 2 heterocycles. The summed E-state index contributed by atoms with van der Waals surface area (Å²) >= 11 is 1.35. The largest absolute Gasteiger partial charge is 0.352 e. The number of likely N-dealkylation sites (tertiary alicyclic amines) is 1. The zero-order valence-electron chi connectivity index (χ0n) is 19.8. The SMILES string of the molecule is Cc1ccc(NC(=O)N2CCC([C@@H](NC(=O)c3cccs3)C(=O)N[C@@H](C)C(C)C)CC2)cc1. The summed E-state index contributed by atoms with van der Waals surface area (Å²) in [6, 6.07) is 10.5. The highest BCUT2D eigenvalue weighted by Crippen LogP contribution is 2.23. The van der Waals surface area contributed by atoms with Crippen LogP contribution < -0.4 is 16.0 Å². The Labute approximate surface area is 199 Å². The average molecular weight is 471 g/mol. The van der Waals surface area contributed by atoms with E-state index in [9.17, 15) is 14.4 Å². The third kappa shape index (κ3) is 6.81. The first-order valence-electron chi connectivity index (χ1n) is 11.5. The number of aryl methyl sites for hydroxylation is 1. The van der Waals surface area contributed by atoms with Gasteiger partial charge in [-0.3, -0.25) is 9.59 Å². The summed E-state index contributed by atoms with van der Waals surface area (Å²) in [6.07, 6.45) is 1.28. The van der Waals surface area contributed by atoms with Crippen molar-refractivity contribution in [3.8, 4) is 0 Å². The second kappa shape index (κ2) is 11.3. The summed E-state index contributed by atoms with van der Waals surface area (Å²) in [5.74, 6) is -0.155. The van der Waals surface area contributed by atoms with E-state index in [1.54, 1.807) is 11.0 Å². The van der Waals surface area contributed by atoms with Crippen LogP contribution in [0.15, 0.2) is 41.8 Å². The van der Waals surface area contributed by atoms with Crippen molar-refractivity contribution in [3.05, 3.63) is 52.2 Å². The van der Waals surface area contributed by atoms with Gasteiger partial charge in [0, 0.05) is 24.8 Å². The van der Waals surface area contributed by atoms with Gasteiger partial charge in [0.1, 0.15) is 6.04 Å². The Morgan fingerprint density at radius 1 is 1.00 bits per heavy atom. The molecule has 8 heteroatoms. The van der Waals surface area contributed by atoms with Crippen molar-refractivity contribution in [1.82, 2.24) is 15.5 Å². The summed E-state index contributed by atoms with van der Waals surface area (Å²) in [6.45, 7) is 9.13. The molecule has 3 N–H and O–H groups in total. The number of carbonyl (C=O) groups is 3. The molecule has 0 saturated carbocycles. The predicted octanol–water partition coefficient (Wildman–Crippen LogP) is 4.26. The molecule has 1 fully saturated rings. The van der Waals surface area contributed by atoms with E-state index in [-0.39, 0.29) is 35.7 Å². The zero-order chi connectivity index (χ0) is 24.0. The molecule has 3 rings (SSSR count). The lowest BCUT2D eigenvalue weighted by molar-refractivity contribution is -0.125. The molecule has 1 aliphatic rings. The van der Waals surface area contributed by atoms with E-state index in [2.05, 4.69) is 29.8 Å². The lowest BCUT2D eigenvalue weighted by atomic mass is 9.88. The standard InChI is InChI=1S/C25H34N4O3S/c1-16(2)18(4)26-24(31)22(28-23(30)21-6-5-15-33-21)19-11-13-29(14-12-19)25(32)27-20-9-7-17(3)8-10-20/h5-10,15-16,18-19,22H,11-14H2,1-4H3,(H,26,31)(H,27,32)(H,28,30)/t18-,22+/m0/s1. The maximum absolute atomic E-state index is 13.1. The molecule has 2 atom stereocenters. The van der Waals surface area contributed by atoms with E-state index < -0.39 is 6.04 Å². The fourth-order valence-electron chi connectivity index (χ4n) is 3.77. The van der Waals surface area contributed by atoms with Gasteiger partial charge in [-0.05, 0) is 62.1 Å². The molecule has 0 radical (unpaired) electrons. The fourth-order valence-corrected chi connectivity index (χ4v) is 4.40. The van der Waals surface area contributed by atoms with Crippen LogP contribution in [0.2, 0.25) is 0 Å². The highest BCUT2D eigenvalue weighted by Gasteiger charge is 2.34. The van der Waals surface area contributed by atoms with Crippen LogP contribution >= 0.6 is 11.3 Å². The van der Waals surface area contributed by atoms with Gasteiger partial charge < -0.3 is 20.9 Å². The number of anilines is 1. The van der Waals surface area contributed by atoms with Gasteiger partial charge in [-0.25, -0.2) is 4.79 Å². The molecular formula is C25H34N4O3S. The molecular weight excluding hydrogens is 436 g/mol. The molecule has 1 aromatic carbocycles. The average Bonchev–Trinajstić information content (AvgIpc) is 3.34. The third-order valence-corrected chi connectivity index (χ3v) is 7.15. The second-order valence-corrected chi connectivity index (χ2v) is 10.0. The lowest BCUT2D eigenvalue weighted by Gasteiger charge is -2.36. The number of hydrogen-bond donors (Lipinski definition) is 3. The van der Waals surface area contributed by atoms with Gasteiger partial charge in [0.25, 0.3) is 5.91 Å². The molecule has 1 aliphatic heterocycles. The minimum absolute atomic E-state index is 0.000911. The Morgan fingerprint density at radius 3 is 2.24 bits per heavy atom. The van der Waals surface area contributed by atoms with E-state index in [0.29, 0.717) is 30.8 Å². The Hall–Kier alpha value is -2.87. The lowest BCUT2D eigenvalue weighted by Crippen LogP contribution is -2.55. The molecule has 1 saturated heterocycles. The number of thiophene rings is 1. The Balaban J connectivity index is 1.63. The fraction of sp³-hybridized carbons (Fsp3) is 0.480. The van der Waals surface area contributed by atoms with E-state index >= 15 is 0 Å². The number of piperidine rings is 1. The molecule has 2 aromatic rings. The number of urea groups is 1. The first-order valence-corrected chi connectivity index (χ1v) is 12.4. The molecule has 33 heavy (non-hydrogen) atoms. The highest BCUT2D eigenvalue weighted by molar-refractivity contribution is 7.12. The summed E-state index contributed by atoms with van der Waals surface area (Å²) < 4.78 is 0. The first kappa shape index (κ1) is 24.8. The predicted molar refractivity (Wildman–Crippen MR) is 133 cm³/mol. The molecule has 1 aromatic heterocycles. The van der Waals surface area contributed by atoms with Gasteiger partial charge in [-0.1, -0.05) is 37.6 Å². The van der Waals surface area contributed by atoms with Crippen molar-refractivity contribution in [2.75, 3.05) is 18.4 Å². The summed E-state index contributed by atoms with van der Waals surface area (Å²) in [5, 5.41) is 10.8. The number of nitrogens with one attached hydrogen (secondary N) is 3. The minimum Gasteiger partial charge on any atom is -0.352 e. The van der Waals surface area contributed by atoms with Crippen molar-refractivity contribution in [1.29, 1.82) is 0 Å². The van der Waals surface area contributed by atoms with Gasteiger partial charge in [0.05, 0.1) is 4.88 Å². The number of benzene rings is 1. The minimum atomic E-state index is -0.636. The van der Waals surface area contributed by atoms with Crippen LogP contribution in [0.3, 0.4) is 0 Å². The normalized spacial score (nSPS) is 16.2. The first-order chi connectivity index (χ1) is 15.7. The van der Waals surface area contributed by atoms with Crippen molar-refractivity contribution >= 4 is 34.9 Å². The Morgan fingerprint density at radius 2 is 1.67 bits per heavy atom. The molecule has 0 aliphatic carbocycles. The van der Waals surface area contributed by atoms with Crippen LogP contribution in [0.25, 0.3) is 0 Å². The van der Waals surface area contributed by atoms with Gasteiger partial charge in [-0.15, -0.1) is 11.3 Å². The smallest absolute Gasteiger partial charge is 0.321 e. The third-order valence-electron chi connectivity index (χ3n) is 6.29. The van der Waals surface area contributed by atoms with Crippen molar-refractivity contribution in [2.24, 2.45) is 11.8 Å². The number of rotatable bonds is 7. The number of hydrogen-bond acceptors (Lipinski definition) is 4.